The topological polar surface area (TPSA) is 20.2 Å². The van der Waals surface area contributed by atoms with Gasteiger partial charge in [-0.25, -0.2) is 8.78 Å². The lowest BCUT2D eigenvalue weighted by Crippen LogP contribution is -2.30. The molecule has 0 saturated heterocycles. The minimum atomic E-state index is -1.18. The van der Waals surface area contributed by atoms with Gasteiger partial charge in [0.15, 0.2) is 11.6 Å². The highest BCUT2D eigenvalue weighted by atomic mass is 19.2. The number of hydrogen-bond acceptors (Lipinski definition) is 1. The van der Waals surface area contributed by atoms with Crippen LogP contribution in [0.5, 0.6) is 0 Å². The molecule has 1 aliphatic rings. The first-order chi connectivity index (χ1) is 9.58. The van der Waals surface area contributed by atoms with Crippen LogP contribution in [0.1, 0.15) is 69.4 Å². The van der Waals surface area contributed by atoms with Crippen molar-refractivity contribution < 1.29 is 13.9 Å². The minimum absolute atomic E-state index is 0.147. The molecule has 0 aliphatic heterocycles. The van der Waals surface area contributed by atoms with E-state index in [1.54, 1.807) is 12.1 Å². The van der Waals surface area contributed by atoms with Crippen LogP contribution in [0.25, 0.3) is 0 Å². The molecule has 1 N–H and O–H groups in total. The van der Waals surface area contributed by atoms with Gasteiger partial charge in [-0.05, 0) is 31.2 Å². The highest BCUT2D eigenvalue weighted by Gasteiger charge is 2.34. The summed E-state index contributed by atoms with van der Waals surface area (Å²) in [6, 6.07) is 3.24. The number of aryl methyl sites for hydroxylation is 1. The second-order valence-corrected chi connectivity index (χ2v) is 5.95. The Bertz CT molecular complexity index is 451. The maximum atomic E-state index is 14.3. The molecule has 0 radical (unpaired) electrons. The van der Waals surface area contributed by atoms with Crippen molar-refractivity contribution in [3.05, 3.63) is 34.9 Å². The summed E-state index contributed by atoms with van der Waals surface area (Å²) in [7, 11) is 0. The molecule has 0 amide bonds. The average molecular weight is 282 g/mol. The third kappa shape index (κ3) is 3.20. The summed E-state index contributed by atoms with van der Waals surface area (Å²) >= 11 is 0. The van der Waals surface area contributed by atoms with Crippen LogP contribution in [0.2, 0.25) is 0 Å². The fraction of sp³-hybridized carbons (Fsp3) is 0.647. The van der Waals surface area contributed by atoms with Gasteiger partial charge in [0, 0.05) is 5.56 Å². The van der Waals surface area contributed by atoms with E-state index in [1.165, 1.54) is 0 Å². The monoisotopic (exact) mass is 282 g/mol. The lowest BCUT2D eigenvalue weighted by Gasteiger charge is -2.33. The van der Waals surface area contributed by atoms with E-state index >= 15 is 0 Å². The highest BCUT2D eigenvalue weighted by molar-refractivity contribution is 5.31. The third-order valence-electron chi connectivity index (χ3n) is 4.39. The predicted molar refractivity (Wildman–Crippen MR) is 76.6 cm³/mol. The van der Waals surface area contributed by atoms with Gasteiger partial charge in [-0.15, -0.1) is 0 Å². The summed E-state index contributed by atoms with van der Waals surface area (Å²) < 4.78 is 28.4. The molecular weight excluding hydrogens is 258 g/mol. The van der Waals surface area contributed by atoms with Crippen LogP contribution in [-0.4, -0.2) is 5.11 Å². The van der Waals surface area contributed by atoms with Crippen molar-refractivity contribution in [2.45, 2.75) is 70.3 Å². The molecule has 1 aromatic rings. The van der Waals surface area contributed by atoms with Crippen LogP contribution in [0.15, 0.2) is 12.1 Å². The Labute approximate surface area is 120 Å². The molecule has 0 heterocycles. The summed E-state index contributed by atoms with van der Waals surface area (Å²) in [5.41, 5.74) is -0.599. The first-order valence-electron chi connectivity index (χ1n) is 7.78. The smallest absolute Gasteiger partial charge is 0.165 e. The fourth-order valence-corrected chi connectivity index (χ4v) is 3.11. The van der Waals surface area contributed by atoms with Gasteiger partial charge < -0.3 is 5.11 Å². The first kappa shape index (κ1) is 15.4. The van der Waals surface area contributed by atoms with E-state index in [2.05, 4.69) is 6.92 Å². The zero-order valence-electron chi connectivity index (χ0n) is 12.2. The molecule has 0 aromatic heterocycles. The Morgan fingerprint density at radius 2 is 1.75 bits per heavy atom. The number of unbranched alkanes of at least 4 members (excludes halogenated alkanes) is 2. The van der Waals surface area contributed by atoms with Gasteiger partial charge in [0.05, 0.1) is 5.60 Å². The normalized spacial score (nSPS) is 18.2. The number of aliphatic hydroxyl groups is 1. The van der Waals surface area contributed by atoms with Gasteiger partial charge in [0.25, 0.3) is 0 Å². The molecule has 0 unspecified atom stereocenters. The largest absolute Gasteiger partial charge is 0.385 e. The Morgan fingerprint density at radius 1 is 1.05 bits per heavy atom. The number of halogens is 2. The average Bonchev–Trinajstić information content (AvgIpc) is 2.44. The summed E-state index contributed by atoms with van der Waals surface area (Å²) in [6.07, 6.45) is 7.37. The zero-order valence-corrected chi connectivity index (χ0v) is 12.2. The van der Waals surface area contributed by atoms with Crippen LogP contribution in [-0.2, 0) is 12.0 Å². The number of benzene rings is 1. The van der Waals surface area contributed by atoms with Crippen LogP contribution in [0, 0.1) is 11.6 Å². The number of rotatable bonds is 5. The SMILES string of the molecule is CCCCCc1ccc(C2(O)CCCCC2)c(F)c1F. The van der Waals surface area contributed by atoms with Crippen LogP contribution in [0.4, 0.5) is 8.78 Å². The Hall–Kier alpha value is -0.960. The second kappa shape index (κ2) is 6.66. The van der Waals surface area contributed by atoms with E-state index in [-0.39, 0.29) is 5.56 Å². The van der Waals surface area contributed by atoms with Gasteiger partial charge in [-0.2, -0.15) is 0 Å². The van der Waals surface area contributed by atoms with Crippen LogP contribution < -0.4 is 0 Å². The minimum Gasteiger partial charge on any atom is -0.385 e. The van der Waals surface area contributed by atoms with E-state index in [9.17, 15) is 13.9 Å². The number of hydrogen-bond donors (Lipinski definition) is 1. The van der Waals surface area contributed by atoms with Gasteiger partial charge in [-0.3, -0.25) is 0 Å². The van der Waals surface area contributed by atoms with Crippen molar-refractivity contribution in [3.63, 3.8) is 0 Å². The van der Waals surface area contributed by atoms with Gasteiger partial charge >= 0.3 is 0 Å². The molecule has 0 bridgehead atoms. The van der Waals surface area contributed by atoms with Crippen molar-refractivity contribution >= 4 is 0 Å². The zero-order chi connectivity index (χ0) is 14.6. The Morgan fingerprint density at radius 3 is 2.40 bits per heavy atom. The van der Waals surface area contributed by atoms with E-state index in [1.807, 2.05) is 0 Å². The van der Waals surface area contributed by atoms with Crippen molar-refractivity contribution in [1.82, 2.24) is 0 Å². The summed E-state index contributed by atoms with van der Waals surface area (Å²) in [4.78, 5) is 0. The second-order valence-electron chi connectivity index (χ2n) is 5.95. The molecule has 1 aliphatic carbocycles. The van der Waals surface area contributed by atoms with E-state index in [0.717, 1.165) is 38.5 Å². The Balaban J connectivity index is 2.21. The molecule has 1 fully saturated rings. The third-order valence-corrected chi connectivity index (χ3v) is 4.39. The quantitative estimate of drug-likeness (QED) is 0.765. The molecular formula is C17H24F2O. The molecule has 0 spiro atoms. The van der Waals surface area contributed by atoms with Crippen LogP contribution >= 0.6 is 0 Å². The van der Waals surface area contributed by atoms with E-state index in [4.69, 9.17) is 0 Å². The van der Waals surface area contributed by atoms with Crippen molar-refractivity contribution in [2.75, 3.05) is 0 Å². The molecule has 0 atom stereocenters. The predicted octanol–water partition coefficient (Wildman–Crippen LogP) is 4.85. The summed E-state index contributed by atoms with van der Waals surface area (Å²) in [5, 5.41) is 10.5. The molecule has 1 aromatic carbocycles. The van der Waals surface area contributed by atoms with Crippen LogP contribution in [0.3, 0.4) is 0 Å². The molecule has 1 saturated carbocycles. The van der Waals surface area contributed by atoms with Gasteiger partial charge in [-0.1, -0.05) is 51.2 Å². The highest BCUT2D eigenvalue weighted by Crippen LogP contribution is 2.39. The molecule has 112 valence electrons. The lowest BCUT2D eigenvalue weighted by atomic mass is 9.79. The standard InChI is InChI=1S/C17H24F2O/c1-2-3-5-8-13-9-10-14(16(19)15(13)18)17(20)11-6-4-7-12-17/h9-10,20H,2-8,11-12H2,1H3. The van der Waals surface area contributed by atoms with E-state index < -0.39 is 17.2 Å². The molecule has 3 heteroatoms. The van der Waals surface area contributed by atoms with Crippen molar-refractivity contribution in [2.24, 2.45) is 0 Å². The maximum absolute atomic E-state index is 14.3. The molecule has 20 heavy (non-hydrogen) atoms. The van der Waals surface area contributed by atoms with Crippen molar-refractivity contribution in [1.29, 1.82) is 0 Å². The lowest BCUT2D eigenvalue weighted by molar-refractivity contribution is -0.00432. The summed E-state index contributed by atoms with van der Waals surface area (Å²) in [5.74, 6) is -1.61. The Kier molecular flexibility index (Phi) is 5.14. The van der Waals surface area contributed by atoms with Gasteiger partial charge in [0.1, 0.15) is 0 Å². The summed E-state index contributed by atoms with van der Waals surface area (Å²) in [6.45, 7) is 2.08. The van der Waals surface area contributed by atoms with E-state index in [0.29, 0.717) is 24.8 Å². The molecule has 2 rings (SSSR count). The van der Waals surface area contributed by atoms with Gasteiger partial charge in [0.2, 0.25) is 0 Å². The first-order valence-corrected chi connectivity index (χ1v) is 7.78. The maximum Gasteiger partial charge on any atom is 0.165 e. The van der Waals surface area contributed by atoms with Crippen molar-refractivity contribution in [3.8, 4) is 0 Å². The fourth-order valence-electron chi connectivity index (χ4n) is 3.11. The molecule has 1 nitrogen and oxygen atoms in total.